The Labute approximate surface area is 119 Å². The standard InChI is InChI=1S/C14H24N2O4/c1-11-3-2-6-16(9-11)13(19)15-10-14(12(17)18)4-7-20-8-5-14/h11H,2-10H2,1H3,(H,15,19)(H,17,18). The zero-order chi connectivity index (χ0) is 14.6. The van der Waals surface area contributed by atoms with Gasteiger partial charge in [-0.2, -0.15) is 0 Å². The highest BCUT2D eigenvalue weighted by atomic mass is 16.5. The first-order valence-electron chi connectivity index (χ1n) is 7.37. The van der Waals surface area contributed by atoms with Crippen molar-refractivity contribution < 1.29 is 19.4 Å². The molecule has 0 aliphatic carbocycles. The van der Waals surface area contributed by atoms with Gasteiger partial charge in [0, 0.05) is 32.8 Å². The molecule has 0 aromatic carbocycles. The molecule has 2 fully saturated rings. The summed E-state index contributed by atoms with van der Waals surface area (Å²) in [4.78, 5) is 25.4. The summed E-state index contributed by atoms with van der Waals surface area (Å²) in [7, 11) is 0. The molecule has 2 amide bonds. The van der Waals surface area contributed by atoms with Crippen molar-refractivity contribution in [2.45, 2.75) is 32.6 Å². The van der Waals surface area contributed by atoms with Crippen LogP contribution in [0.5, 0.6) is 0 Å². The molecular weight excluding hydrogens is 260 g/mol. The summed E-state index contributed by atoms with van der Waals surface area (Å²) in [5, 5.41) is 12.2. The average molecular weight is 284 g/mol. The van der Waals surface area contributed by atoms with Gasteiger partial charge >= 0.3 is 12.0 Å². The van der Waals surface area contributed by atoms with Crippen molar-refractivity contribution in [2.24, 2.45) is 11.3 Å². The fraction of sp³-hybridized carbons (Fsp3) is 0.857. The van der Waals surface area contributed by atoms with Crippen LogP contribution >= 0.6 is 0 Å². The van der Waals surface area contributed by atoms with Gasteiger partial charge in [0.15, 0.2) is 0 Å². The SMILES string of the molecule is CC1CCCN(C(=O)NCC2(C(=O)O)CCOCC2)C1. The van der Waals surface area contributed by atoms with Crippen LogP contribution in [0.25, 0.3) is 0 Å². The van der Waals surface area contributed by atoms with E-state index in [2.05, 4.69) is 12.2 Å². The van der Waals surface area contributed by atoms with Gasteiger partial charge in [0.25, 0.3) is 0 Å². The Morgan fingerprint density at radius 3 is 2.70 bits per heavy atom. The van der Waals surface area contributed by atoms with Gasteiger partial charge < -0.3 is 20.1 Å². The molecule has 2 aliphatic rings. The van der Waals surface area contributed by atoms with Crippen LogP contribution in [0.2, 0.25) is 0 Å². The lowest BCUT2D eigenvalue weighted by Crippen LogP contribution is -2.51. The molecule has 2 aliphatic heterocycles. The van der Waals surface area contributed by atoms with Crippen LogP contribution in [0, 0.1) is 11.3 Å². The normalized spacial score (nSPS) is 26.1. The number of nitrogens with zero attached hydrogens (tertiary/aromatic N) is 1. The maximum absolute atomic E-state index is 12.1. The number of aliphatic carboxylic acids is 1. The summed E-state index contributed by atoms with van der Waals surface area (Å²) in [6, 6.07) is -0.135. The molecule has 0 spiro atoms. The summed E-state index contributed by atoms with van der Waals surface area (Å²) in [6.45, 7) is 4.74. The molecule has 0 aromatic rings. The van der Waals surface area contributed by atoms with Crippen LogP contribution < -0.4 is 5.32 Å². The first-order chi connectivity index (χ1) is 9.53. The summed E-state index contributed by atoms with van der Waals surface area (Å²) in [6.07, 6.45) is 3.09. The fourth-order valence-corrected chi connectivity index (χ4v) is 2.96. The van der Waals surface area contributed by atoms with E-state index >= 15 is 0 Å². The smallest absolute Gasteiger partial charge is 0.317 e. The Bertz CT molecular complexity index is 366. The number of ether oxygens (including phenoxy) is 1. The van der Waals surface area contributed by atoms with Gasteiger partial charge in [-0.1, -0.05) is 6.92 Å². The molecule has 1 unspecified atom stereocenters. The van der Waals surface area contributed by atoms with Gasteiger partial charge in [-0.25, -0.2) is 4.79 Å². The molecule has 2 N–H and O–H groups in total. The lowest BCUT2D eigenvalue weighted by molar-refractivity contribution is -0.154. The predicted molar refractivity (Wildman–Crippen MR) is 73.5 cm³/mol. The molecule has 2 saturated heterocycles. The van der Waals surface area contributed by atoms with Crippen molar-refractivity contribution >= 4 is 12.0 Å². The molecule has 0 saturated carbocycles. The number of hydrogen-bond donors (Lipinski definition) is 2. The Morgan fingerprint density at radius 1 is 1.40 bits per heavy atom. The number of rotatable bonds is 3. The average Bonchev–Trinajstić information content (AvgIpc) is 2.45. The number of carbonyl (C=O) groups is 2. The van der Waals surface area contributed by atoms with Crippen LogP contribution in [0.4, 0.5) is 4.79 Å². The fourth-order valence-electron chi connectivity index (χ4n) is 2.96. The molecule has 0 bridgehead atoms. The van der Waals surface area contributed by atoms with Gasteiger partial charge in [-0.05, 0) is 31.6 Å². The molecular formula is C14H24N2O4. The number of urea groups is 1. The van der Waals surface area contributed by atoms with E-state index in [1.54, 1.807) is 4.90 Å². The Kier molecular flexibility index (Phi) is 4.86. The molecule has 6 nitrogen and oxygen atoms in total. The molecule has 20 heavy (non-hydrogen) atoms. The van der Waals surface area contributed by atoms with Crippen molar-refractivity contribution in [3.05, 3.63) is 0 Å². The van der Waals surface area contributed by atoms with E-state index < -0.39 is 11.4 Å². The second-order valence-corrected chi connectivity index (χ2v) is 6.05. The van der Waals surface area contributed by atoms with Gasteiger partial charge in [-0.15, -0.1) is 0 Å². The Balaban J connectivity index is 1.88. The van der Waals surface area contributed by atoms with Crippen molar-refractivity contribution in [3.8, 4) is 0 Å². The van der Waals surface area contributed by atoms with E-state index in [1.165, 1.54) is 0 Å². The van der Waals surface area contributed by atoms with Crippen LogP contribution in [0.3, 0.4) is 0 Å². The number of carboxylic acid groups (broad SMARTS) is 1. The lowest BCUT2D eigenvalue weighted by Gasteiger charge is -2.35. The molecule has 1 atom stereocenters. The zero-order valence-electron chi connectivity index (χ0n) is 12.1. The van der Waals surface area contributed by atoms with E-state index in [4.69, 9.17) is 4.74 Å². The number of piperidine rings is 1. The van der Waals surface area contributed by atoms with Crippen LogP contribution in [0.1, 0.15) is 32.6 Å². The maximum atomic E-state index is 12.1. The first kappa shape index (κ1) is 15.1. The van der Waals surface area contributed by atoms with E-state index in [9.17, 15) is 14.7 Å². The first-order valence-corrected chi connectivity index (χ1v) is 7.37. The van der Waals surface area contributed by atoms with Crippen LogP contribution in [-0.2, 0) is 9.53 Å². The van der Waals surface area contributed by atoms with E-state index in [0.717, 1.165) is 25.9 Å². The number of nitrogens with one attached hydrogen (secondary N) is 1. The minimum absolute atomic E-state index is 0.135. The predicted octanol–water partition coefficient (Wildman–Crippen LogP) is 1.31. The maximum Gasteiger partial charge on any atom is 0.317 e. The second-order valence-electron chi connectivity index (χ2n) is 6.05. The van der Waals surface area contributed by atoms with E-state index in [1.807, 2.05) is 0 Å². The van der Waals surface area contributed by atoms with Crippen LogP contribution in [0.15, 0.2) is 0 Å². The molecule has 6 heteroatoms. The number of hydrogen-bond acceptors (Lipinski definition) is 3. The summed E-state index contributed by atoms with van der Waals surface area (Å²) in [5.41, 5.74) is -0.866. The van der Waals surface area contributed by atoms with Crippen molar-refractivity contribution in [2.75, 3.05) is 32.8 Å². The highest BCUT2D eigenvalue weighted by molar-refractivity contribution is 5.78. The topological polar surface area (TPSA) is 78.9 Å². The second kappa shape index (κ2) is 6.43. The molecule has 2 heterocycles. The zero-order valence-corrected chi connectivity index (χ0v) is 12.1. The molecule has 0 aromatic heterocycles. The Morgan fingerprint density at radius 2 is 2.10 bits per heavy atom. The van der Waals surface area contributed by atoms with Crippen molar-refractivity contribution in [1.29, 1.82) is 0 Å². The number of likely N-dealkylation sites (tertiary alicyclic amines) is 1. The summed E-state index contributed by atoms with van der Waals surface area (Å²) >= 11 is 0. The van der Waals surface area contributed by atoms with Crippen molar-refractivity contribution in [1.82, 2.24) is 10.2 Å². The molecule has 114 valence electrons. The number of carbonyl (C=O) groups excluding carboxylic acids is 1. The van der Waals surface area contributed by atoms with Crippen molar-refractivity contribution in [3.63, 3.8) is 0 Å². The van der Waals surface area contributed by atoms with Gasteiger partial charge in [0.1, 0.15) is 0 Å². The highest BCUT2D eigenvalue weighted by Gasteiger charge is 2.40. The third kappa shape index (κ3) is 3.42. The van der Waals surface area contributed by atoms with Gasteiger partial charge in [0.2, 0.25) is 0 Å². The minimum Gasteiger partial charge on any atom is -0.481 e. The highest BCUT2D eigenvalue weighted by Crippen LogP contribution is 2.30. The largest absolute Gasteiger partial charge is 0.481 e. The van der Waals surface area contributed by atoms with Crippen LogP contribution in [-0.4, -0.2) is 54.9 Å². The number of amides is 2. The molecule has 2 rings (SSSR count). The lowest BCUT2D eigenvalue weighted by atomic mass is 9.80. The number of carboxylic acids is 1. The minimum atomic E-state index is -0.866. The third-order valence-electron chi connectivity index (χ3n) is 4.43. The van der Waals surface area contributed by atoms with Gasteiger partial charge in [0.05, 0.1) is 5.41 Å². The monoisotopic (exact) mass is 284 g/mol. The molecule has 0 radical (unpaired) electrons. The Hall–Kier alpha value is -1.30. The third-order valence-corrected chi connectivity index (χ3v) is 4.43. The summed E-state index contributed by atoms with van der Waals surface area (Å²) < 4.78 is 5.23. The van der Waals surface area contributed by atoms with E-state index in [0.29, 0.717) is 32.0 Å². The quantitative estimate of drug-likeness (QED) is 0.819. The van der Waals surface area contributed by atoms with Gasteiger partial charge in [-0.3, -0.25) is 4.79 Å². The van der Waals surface area contributed by atoms with E-state index in [-0.39, 0.29) is 12.6 Å². The summed E-state index contributed by atoms with van der Waals surface area (Å²) in [5.74, 6) is -0.320.